The predicted octanol–water partition coefficient (Wildman–Crippen LogP) is 4.58. The molecule has 0 spiro atoms. The number of carbonyl (C=O) groups excluding carboxylic acids is 2. The van der Waals surface area contributed by atoms with Gasteiger partial charge in [0.25, 0.3) is 0 Å². The molecule has 0 aliphatic heterocycles. The minimum atomic E-state index is -0.667. The second kappa shape index (κ2) is 9.17. The summed E-state index contributed by atoms with van der Waals surface area (Å²) in [5.41, 5.74) is 0.645. The molecule has 4 nitrogen and oxygen atoms in total. The van der Waals surface area contributed by atoms with Gasteiger partial charge in [0.1, 0.15) is 18.8 Å². The van der Waals surface area contributed by atoms with Gasteiger partial charge in [-0.25, -0.2) is 9.59 Å². The highest BCUT2D eigenvalue weighted by atomic mass is 127. The van der Waals surface area contributed by atoms with Crippen LogP contribution in [-0.4, -0.2) is 32.0 Å². The molecule has 24 heavy (non-hydrogen) atoms. The van der Waals surface area contributed by atoms with Crippen molar-refractivity contribution in [1.29, 1.82) is 0 Å². The fraction of sp³-hybridized carbons (Fsp3) is 0.444. The summed E-state index contributed by atoms with van der Waals surface area (Å²) in [6.07, 6.45) is 1.51. The van der Waals surface area contributed by atoms with Gasteiger partial charge in [-0.1, -0.05) is 75.5 Å². The van der Waals surface area contributed by atoms with E-state index in [1.807, 2.05) is 58.0 Å². The number of halogens is 2. The van der Waals surface area contributed by atoms with E-state index >= 15 is 0 Å². The number of hydrogen-bond acceptors (Lipinski definition) is 4. The number of carbonyl (C=O) groups is 2. The summed E-state index contributed by atoms with van der Waals surface area (Å²) >= 11 is 4.38. The SMILES string of the molecule is CC(C)(I)COC(=O)C(=Cc1ccccc1)C(=O)OCC(C)(C)I. The van der Waals surface area contributed by atoms with Crippen LogP contribution in [0.2, 0.25) is 0 Å². The molecule has 0 N–H and O–H groups in total. The van der Waals surface area contributed by atoms with Gasteiger partial charge in [0.2, 0.25) is 0 Å². The quantitative estimate of drug-likeness (QED) is 0.123. The van der Waals surface area contributed by atoms with Crippen LogP contribution in [0.1, 0.15) is 33.3 Å². The summed E-state index contributed by atoms with van der Waals surface area (Å²) < 4.78 is 10.1. The molecule has 0 radical (unpaired) electrons. The minimum Gasteiger partial charge on any atom is -0.461 e. The first-order valence-electron chi connectivity index (χ1n) is 7.47. The first-order valence-corrected chi connectivity index (χ1v) is 9.62. The number of benzene rings is 1. The number of hydrogen-bond donors (Lipinski definition) is 0. The van der Waals surface area contributed by atoms with Gasteiger partial charge in [0.15, 0.2) is 0 Å². The summed E-state index contributed by atoms with van der Waals surface area (Å²) in [5.74, 6) is -1.33. The van der Waals surface area contributed by atoms with E-state index in [9.17, 15) is 9.59 Å². The zero-order chi connectivity index (χ0) is 18.4. The van der Waals surface area contributed by atoms with Crippen molar-refractivity contribution in [3.05, 3.63) is 41.5 Å². The third kappa shape index (κ3) is 9.00. The summed E-state index contributed by atoms with van der Waals surface area (Å²) in [5, 5.41) is 0. The topological polar surface area (TPSA) is 52.6 Å². The van der Waals surface area contributed by atoms with Crippen molar-refractivity contribution in [1.82, 2.24) is 0 Å². The van der Waals surface area contributed by atoms with Crippen molar-refractivity contribution < 1.29 is 19.1 Å². The lowest BCUT2D eigenvalue weighted by Gasteiger charge is -2.18. The van der Waals surface area contributed by atoms with Crippen molar-refractivity contribution in [3.8, 4) is 0 Å². The molecule has 1 rings (SSSR count). The molecule has 132 valence electrons. The van der Waals surface area contributed by atoms with Crippen molar-refractivity contribution in [2.24, 2.45) is 0 Å². The van der Waals surface area contributed by atoms with Crippen LogP contribution in [0.15, 0.2) is 35.9 Å². The molecule has 0 aromatic heterocycles. The van der Waals surface area contributed by atoms with E-state index in [-0.39, 0.29) is 25.6 Å². The normalized spacial score (nSPS) is 11.6. The van der Waals surface area contributed by atoms with Crippen molar-refractivity contribution in [3.63, 3.8) is 0 Å². The molecule has 0 saturated carbocycles. The zero-order valence-corrected chi connectivity index (χ0v) is 18.6. The third-order valence-electron chi connectivity index (χ3n) is 2.64. The highest BCUT2D eigenvalue weighted by Gasteiger charge is 2.26. The summed E-state index contributed by atoms with van der Waals surface area (Å²) in [7, 11) is 0. The van der Waals surface area contributed by atoms with Crippen LogP contribution < -0.4 is 0 Å². The van der Waals surface area contributed by atoms with Crippen LogP contribution in [0.25, 0.3) is 6.08 Å². The Morgan fingerprint density at radius 3 is 1.71 bits per heavy atom. The highest BCUT2D eigenvalue weighted by Crippen LogP contribution is 2.20. The standard InChI is InChI=1S/C18H22I2O4/c1-17(2,19)11-23-15(21)14(10-13-8-6-5-7-9-13)16(22)24-12-18(3,4)20/h5-10H,11-12H2,1-4H3. The van der Waals surface area contributed by atoms with Crippen LogP contribution in [-0.2, 0) is 19.1 Å². The van der Waals surface area contributed by atoms with Crippen LogP contribution in [0, 0.1) is 0 Å². The first kappa shape index (κ1) is 21.4. The van der Waals surface area contributed by atoms with Gasteiger partial charge in [-0.15, -0.1) is 0 Å². The average Bonchev–Trinajstić information content (AvgIpc) is 2.47. The van der Waals surface area contributed by atoms with E-state index in [0.717, 1.165) is 5.56 Å². The fourth-order valence-corrected chi connectivity index (χ4v) is 1.86. The Morgan fingerprint density at radius 2 is 1.33 bits per heavy atom. The molecule has 0 amide bonds. The molecular formula is C18H22I2O4. The van der Waals surface area contributed by atoms with Gasteiger partial charge in [-0.2, -0.15) is 0 Å². The number of ether oxygens (including phenoxy) is 2. The molecule has 0 saturated heterocycles. The van der Waals surface area contributed by atoms with Crippen molar-refractivity contribution in [2.75, 3.05) is 13.2 Å². The number of esters is 2. The lowest BCUT2D eigenvalue weighted by Crippen LogP contribution is -2.27. The maximum Gasteiger partial charge on any atom is 0.345 e. The van der Waals surface area contributed by atoms with E-state index in [1.54, 1.807) is 0 Å². The summed E-state index contributed by atoms with van der Waals surface area (Å²) in [6, 6.07) is 9.16. The fourth-order valence-electron chi connectivity index (χ4n) is 1.55. The molecule has 0 atom stereocenters. The smallest absolute Gasteiger partial charge is 0.345 e. The maximum atomic E-state index is 12.4. The minimum absolute atomic E-state index is 0.0949. The molecule has 0 aliphatic rings. The van der Waals surface area contributed by atoms with E-state index in [0.29, 0.717) is 0 Å². The highest BCUT2D eigenvalue weighted by molar-refractivity contribution is 14.1. The monoisotopic (exact) mass is 556 g/mol. The summed E-state index contributed by atoms with van der Waals surface area (Å²) in [6.45, 7) is 8.19. The van der Waals surface area contributed by atoms with Gasteiger partial charge < -0.3 is 9.47 Å². The molecule has 0 unspecified atom stereocenters. The van der Waals surface area contributed by atoms with E-state index in [4.69, 9.17) is 9.47 Å². The van der Waals surface area contributed by atoms with E-state index in [1.165, 1.54) is 6.08 Å². The molecule has 0 fully saturated rings. The van der Waals surface area contributed by atoms with Gasteiger partial charge in [0, 0.05) is 0 Å². The average molecular weight is 556 g/mol. The Morgan fingerprint density at radius 1 is 0.917 bits per heavy atom. The molecule has 0 heterocycles. The molecule has 0 bridgehead atoms. The van der Waals surface area contributed by atoms with Crippen LogP contribution in [0.5, 0.6) is 0 Å². The Hall–Kier alpha value is -0.640. The Balaban J connectivity index is 2.97. The van der Waals surface area contributed by atoms with Crippen LogP contribution in [0.4, 0.5) is 0 Å². The van der Waals surface area contributed by atoms with Gasteiger partial charge in [-0.3, -0.25) is 0 Å². The first-order chi connectivity index (χ1) is 11.0. The zero-order valence-electron chi connectivity index (χ0n) is 14.3. The second-order valence-electron chi connectivity index (χ2n) is 6.56. The van der Waals surface area contributed by atoms with Crippen LogP contribution in [0.3, 0.4) is 0 Å². The predicted molar refractivity (Wildman–Crippen MR) is 113 cm³/mol. The van der Waals surface area contributed by atoms with Gasteiger partial charge >= 0.3 is 11.9 Å². The van der Waals surface area contributed by atoms with E-state index < -0.39 is 11.9 Å². The molecule has 1 aromatic rings. The van der Waals surface area contributed by atoms with E-state index in [2.05, 4.69) is 45.2 Å². The molecule has 1 aromatic carbocycles. The Kier molecular flexibility index (Phi) is 8.17. The maximum absolute atomic E-state index is 12.4. The largest absolute Gasteiger partial charge is 0.461 e. The molecule has 0 aliphatic carbocycles. The van der Waals surface area contributed by atoms with Crippen molar-refractivity contribution >= 4 is 63.2 Å². The lowest BCUT2D eigenvalue weighted by molar-refractivity contribution is -0.147. The molecular weight excluding hydrogens is 534 g/mol. The van der Waals surface area contributed by atoms with Crippen LogP contribution >= 0.6 is 45.2 Å². The second-order valence-corrected chi connectivity index (χ2v) is 12.4. The van der Waals surface area contributed by atoms with Crippen molar-refractivity contribution in [2.45, 2.75) is 34.5 Å². The molecule has 6 heteroatoms. The number of rotatable bonds is 7. The van der Waals surface area contributed by atoms with Gasteiger partial charge in [-0.05, 0) is 39.3 Å². The Bertz CT molecular complexity index is 564. The Labute approximate surface area is 170 Å². The van der Waals surface area contributed by atoms with Gasteiger partial charge in [0.05, 0.1) is 6.84 Å². The summed E-state index contributed by atoms with van der Waals surface area (Å²) in [4.78, 5) is 24.7. The lowest BCUT2D eigenvalue weighted by atomic mass is 10.1. The third-order valence-corrected chi connectivity index (χ3v) is 3.27. The number of alkyl halides is 2.